The highest BCUT2D eigenvalue weighted by molar-refractivity contribution is 5.83. The van der Waals surface area contributed by atoms with Crippen molar-refractivity contribution in [2.75, 3.05) is 18.0 Å². The molecular weight excluding hydrogens is 260 g/mol. The van der Waals surface area contributed by atoms with E-state index in [2.05, 4.69) is 17.9 Å². The van der Waals surface area contributed by atoms with Crippen LogP contribution in [0.2, 0.25) is 0 Å². The molecular formula is C17H20N4. The Kier molecular flexibility index (Phi) is 3.76. The lowest BCUT2D eigenvalue weighted by molar-refractivity contribution is 0.347. The van der Waals surface area contributed by atoms with Crippen molar-refractivity contribution in [2.45, 2.75) is 25.8 Å². The second-order valence-electron chi connectivity index (χ2n) is 5.73. The average molecular weight is 280 g/mol. The Bertz CT molecular complexity index is 689. The summed E-state index contributed by atoms with van der Waals surface area (Å²) in [6.07, 6.45) is 2.02. The van der Waals surface area contributed by atoms with Crippen LogP contribution in [0.25, 0.3) is 10.9 Å². The number of rotatable bonds is 2. The predicted molar refractivity (Wildman–Crippen MR) is 85.0 cm³/mol. The number of para-hydroxylation sites is 1. The van der Waals surface area contributed by atoms with E-state index in [-0.39, 0.29) is 6.04 Å². The van der Waals surface area contributed by atoms with E-state index in [1.54, 1.807) is 0 Å². The van der Waals surface area contributed by atoms with Gasteiger partial charge in [-0.05, 0) is 24.5 Å². The summed E-state index contributed by atoms with van der Waals surface area (Å²) in [5.74, 6) is 1.28. The van der Waals surface area contributed by atoms with Crippen molar-refractivity contribution in [2.24, 2.45) is 11.7 Å². The summed E-state index contributed by atoms with van der Waals surface area (Å²) < 4.78 is 0. The van der Waals surface area contributed by atoms with E-state index >= 15 is 0 Å². The summed E-state index contributed by atoms with van der Waals surface area (Å²) >= 11 is 0. The molecule has 108 valence electrons. The lowest BCUT2D eigenvalue weighted by atomic mass is 9.90. The van der Waals surface area contributed by atoms with Crippen LogP contribution in [0.15, 0.2) is 30.3 Å². The first-order chi connectivity index (χ1) is 10.2. The number of piperidine rings is 1. The van der Waals surface area contributed by atoms with Crippen LogP contribution in [-0.2, 0) is 0 Å². The minimum absolute atomic E-state index is 0.261. The van der Waals surface area contributed by atoms with Crippen LogP contribution in [0.5, 0.6) is 0 Å². The molecule has 2 atom stereocenters. The number of aromatic nitrogens is 1. The fraction of sp³-hybridized carbons (Fsp3) is 0.412. The maximum absolute atomic E-state index is 9.44. The lowest BCUT2D eigenvalue weighted by Gasteiger charge is -2.37. The summed E-state index contributed by atoms with van der Waals surface area (Å²) in [6.45, 7) is 3.93. The number of nitriles is 1. The molecule has 1 aliphatic rings. The van der Waals surface area contributed by atoms with Gasteiger partial charge in [-0.1, -0.05) is 31.5 Å². The molecule has 0 saturated carbocycles. The monoisotopic (exact) mass is 280 g/mol. The van der Waals surface area contributed by atoms with Gasteiger partial charge in [0.25, 0.3) is 0 Å². The highest BCUT2D eigenvalue weighted by Gasteiger charge is 2.27. The quantitative estimate of drug-likeness (QED) is 0.918. The molecule has 1 fully saturated rings. The zero-order chi connectivity index (χ0) is 14.8. The van der Waals surface area contributed by atoms with E-state index in [0.717, 1.165) is 42.7 Å². The zero-order valence-corrected chi connectivity index (χ0v) is 12.3. The Balaban J connectivity index is 2.01. The van der Waals surface area contributed by atoms with Crippen LogP contribution in [0.3, 0.4) is 0 Å². The number of anilines is 1. The summed E-state index contributed by atoms with van der Waals surface area (Å²) in [4.78, 5) is 6.95. The minimum Gasteiger partial charge on any atom is -0.355 e. The van der Waals surface area contributed by atoms with Gasteiger partial charge >= 0.3 is 0 Å². The maximum Gasteiger partial charge on any atom is 0.147 e. The standard InChI is InChI=1S/C17H20N4/c1-2-12-11-21(8-7-15(12)19)17-14(10-18)9-13-5-3-4-6-16(13)20-17/h3-6,9,12,15H,2,7-8,11,19H2,1H3. The lowest BCUT2D eigenvalue weighted by Crippen LogP contribution is -2.47. The molecule has 1 saturated heterocycles. The van der Waals surface area contributed by atoms with Gasteiger partial charge in [0.2, 0.25) is 0 Å². The number of nitrogens with two attached hydrogens (primary N) is 1. The van der Waals surface area contributed by atoms with Crippen molar-refractivity contribution in [1.29, 1.82) is 5.26 Å². The van der Waals surface area contributed by atoms with E-state index < -0.39 is 0 Å². The second-order valence-corrected chi connectivity index (χ2v) is 5.73. The predicted octanol–water partition coefficient (Wildman–Crippen LogP) is 2.67. The topological polar surface area (TPSA) is 65.9 Å². The highest BCUT2D eigenvalue weighted by atomic mass is 15.2. The van der Waals surface area contributed by atoms with Crippen LogP contribution >= 0.6 is 0 Å². The average Bonchev–Trinajstić information content (AvgIpc) is 2.54. The fourth-order valence-corrected chi connectivity index (χ4v) is 3.10. The van der Waals surface area contributed by atoms with Gasteiger partial charge in [0.1, 0.15) is 11.9 Å². The number of pyridine rings is 1. The van der Waals surface area contributed by atoms with Gasteiger partial charge < -0.3 is 10.6 Å². The Hall–Kier alpha value is -2.12. The summed E-state index contributed by atoms with van der Waals surface area (Å²) in [5, 5.41) is 10.5. The Morgan fingerprint density at radius 3 is 3.00 bits per heavy atom. The molecule has 1 aliphatic heterocycles. The van der Waals surface area contributed by atoms with E-state index in [1.165, 1.54) is 0 Å². The van der Waals surface area contributed by atoms with Crippen molar-refractivity contribution >= 4 is 16.7 Å². The van der Waals surface area contributed by atoms with Crippen LogP contribution in [0, 0.1) is 17.2 Å². The number of nitrogens with zero attached hydrogens (tertiary/aromatic N) is 3. The largest absolute Gasteiger partial charge is 0.355 e. The van der Waals surface area contributed by atoms with Crippen molar-refractivity contribution in [1.82, 2.24) is 4.98 Å². The smallest absolute Gasteiger partial charge is 0.147 e. The second kappa shape index (κ2) is 5.71. The SMILES string of the molecule is CCC1CN(c2nc3ccccc3cc2C#N)CCC1N. The number of hydrogen-bond acceptors (Lipinski definition) is 4. The number of fused-ring (bicyclic) bond motifs is 1. The molecule has 0 aliphatic carbocycles. The molecule has 4 nitrogen and oxygen atoms in total. The highest BCUT2D eigenvalue weighted by Crippen LogP contribution is 2.28. The van der Waals surface area contributed by atoms with Gasteiger partial charge in [0.15, 0.2) is 0 Å². The van der Waals surface area contributed by atoms with Crippen LogP contribution in [0.1, 0.15) is 25.3 Å². The molecule has 0 spiro atoms. The van der Waals surface area contributed by atoms with Crippen molar-refractivity contribution in [3.63, 3.8) is 0 Å². The summed E-state index contributed by atoms with van der Waals surface area (Å²) in [5.41, 5.74) is 7.77. The van der Waals surface area contributed by atoms with Gasteiger partial charge in [0, 0.05) is 24.5 Å². The maximum atomic E-state index is 9.44. The normalized spacial score (nSPS) is 22.2. The third-order valence-electron chi connectivity index (χ3n) is 4.44. The Morgan fingerprint density at radius 2 is 2.24 bits per heavy atom. The molecule has 2 aromatic rings. The molecule has 2 unspecified atom stereocenters. The van der Waals surface area contributed by atoms with Crippen molar-refractivity contribution < 1.29 is 0 Å². The fourth-order valence-electron chi connectivity index (χ4n) is 3.10. The van der Waals surface area contributed by atoms with E-state index in [1.807, 2.05) is 30.3 Å². The number of benzene rings is 1. The molecule has 0 radical (unpaired) electrons. The molecule has 3 rings (SSSR count). The van der Waals surface area contributed by atoms with E-state index in [4.69, 9.17) is 10.7 Å². The van der Waals surface area contributed by atoms with Gasteiger partial charge in [-0.2, -0.15) is 5.26 Å². The van der Waals surface area contributed by atoms with Gasteiger partial charge in [0.05, 0.1) is 11.1 Å². The van der Waals surface area contributed by atoms with E-state index in [0.29, 0.717) is 11.5 Å². The first kappa shape index (κ1) is 13.8. The minimum atomic E-state index is 0.261. The molecule has 1 aromatic carbocycles. The van der Waals surface area contributed by atoms with Crippen LogP contribution in [-0.4, -0.2) is 24.1 Å². The summed E-state index contributed by atoms with van der Waals surface area (Å²) in [7, 11) is 0. The molecule has 21 heavy (non-hydrogen) atoms. The zero-order valence-electron chi connectivity index (χ0n) is 12.3. The first-order valence-corrected chi connectivity index (χ1v) is 7.53. The van der Waals surface area contributed by atoms with Gasteiger partial charge in [-0.3, -0.25) is 0 Å². The van der Waals surface area contributed by atoms with Gasteiger partial charge in [-0.25, -0.2) is 4.98 Å². The third kappa shape index (κ3) is 2.57. The van der Waals surface area contributed by atoms with E-state index in [9.17, 15) is 5.26 Å². The number of hydrogen-bond donors (Lipinski definition) is 1. The molecule has 0 bridgehead atoms. The Labute approximate surface area is 125 Å². The van der Waals surface area contributed by atoms with Crippen LogP contribution in [0.4, 0.5) is 5.82 Å². The van der Waals surface area contributed by atoms with Crippen LogP contribution < -0.4 is 10.6 Å². The molecule has 4 heteroatoms. The van der Waals surface area contributed by atoms with Crippen molar-refractivity contribution in [3.05, 3.63) is 35.9 Å². The molecule has 1 aromatic heterocycles. The Morgan fingerprint density at radius 1 is 1.43 bits per heavy atom. The summed E-state index contributed by atoms with van der Waals surface area (Å²) in [6, 6.07) is 12.4. The molecule has 2 N–H and O–H groups in total. The van der Waals surface area contributed by atoms with Crippen molar-refractivity contribution in [3.8, 4) is 6.07 Å². The van der Waals surface area contributed by atoms with Gasteiger partial charge in [-0.15, -0.1) is 0 Å². The third-order valence-corrected chi connectivity index (χ3v) is 4.44. The first-order valence-electron chi connectivity index (χ1n) is 7.53. The molecule has 0 amide bonds. The molecule has 2 heterocycles.